The van der Waals surface area contributed by atoms with Gasteiger partial charge in [-0.25, -0.2) is 0 Å². The summed E-state index contributed by atoms with van der Waals surface area (Å²) in [6.45, 7) is 9.63. The Hall–Kier alpha value is -6.84. The van der Waals surface area contributed by atoms with Crippen LogP contribution in [0, 0.1) is 0 Å². The van der Waals surface area contributed by atoms with Crippen molar-refractivity contribution in [2.24, 2.45) is 0 Å². The van der Waals surface area contributed by atoms with Crippen LogP contribution in [0.3, 0.4) is 0 Å². The summed E-state index contributed by atoms with van der Waals surface area (Å²) < 4.78 is 0. The molecule has 2 nitrogen and oxygen atoms in total. The van der Waals surface area contributed by atoms with E-state index >= 15 is 0 Å². The number of benzene rings is 9. The van der Waals surface area contributed by atoms with Crippen LogP contribution in [0.4, 0.5) is 28.4 Å². The molecule has 3 heteroatoms. The van der Waals surface area contributed by atoms with Gasteiger partial charge in [0.25, 0.3) is 0 Å². The first-order valence-electron chi connectivity index (χ1n) is 21.1. The van der Waals surface area contributed by atoms with E-state index in [2.05, 4.69) is 213 Å². The summed E-state index contributed by atoms with van der Waals surface area (Å²) in [5.41, 5.74) is 21.9. The van der Waals surface area contributed by atoms with Crippen molar-refractivity contribution < 1.29 is 0 Å². The Labute approximate surface area is 346 Å². The molecule has 59 heavy (non-hydrogen) atoms. The fourth-order valence-electron chi connectivity index (χ4n) is 11.7. The highest BCUT2D eigenvalue weighted by atomic mass is 15.2. The Morgan fingerprint density at radius 2 is 1.10 bits per heavy atom. The first-order chi connectivity index (χ1) is 28.8. The Bertz CT molecular complexity index is 3300. The van der Waals surface area contributed by atoms with Crippen molar-refractivity contribution in [3.63, 3.8) is 0 Å². The third-order valence-electron chi connectivity index (χ3n) is 14.3. The molecule has 0 unspecified atom stereocenters. The highest BCUT2D eigenvalue weighted by molar-refractivity contribution is 6.94. The summed E-state index contributed by atoms with van der Waals surface area (Å²) in [5.74, 6) is 0. The van der Waals surface area contributed by atoms with Gasteiger partial charge in [-0.3, -0.25) is 0 Å². The molecule has 9 aromatic rings. The Balaban J connectivity index is 1.20. The van der Waals surface area contributed by atoms with Crippen molar-refractivity contribution in [1.82, 2.24) is 0 Å². The topological polar surface area (TPSA) is 6.48 Å². The molecule has 278 valence electrons. The van der Waals surface area contributed by atoms with Crippen molar-refractivity contribution in [3.8, 4) is 33.4 Å². The van der Waals surface area contributed by atoms with Crippen LogP contribution >= 0.6 is 0 Å². The van der Waals surface area contributed by atoms with Gasteiger partial charge in [-0.05, 0) is 113 Å². The van der Waals surface area contributed by atoms with E-state index in [0.717, 1.165) is 0 Å². The SMILES string of the molecule is CC1(C)c2cc3ccccc3cc2N2c3cc4ccccc4c4c3B(c3cccc1c32)N(c1cccc2c1C(C)(C)c1ccccc1-2)c1cc(-c2ccccc2)ccc1-4. The number of nitrogens with zero attached hydrogens (tertiary/aromatic N) is 2. The summed E-state index contributed by atoms with van der Waals surface area (Å²) in [6, 6.07) is 66.8. The maximum absolute atomic E-state index is 2.75. The Morgan fingerprint density at radius 1 is 0.424 bits per heavy atom. The molecule has 3 aliphatic heterocycles. The van der Waals surface area contributed by atoms with Gasteiger partial charge in [-0.1, -0.05) is 173 Å². The molecular weight excluding hydrogens is 711 g/mol. The van der Waals surface area contributed by atoms with Crippen LogP contribution in [0.2, 0.25) is 0 Å². The molecule has 0 aromatic heterocycles. The van der Waals surface area contributed by atoms with Crippen LogP contribution in [-0.4, -0.2) is 6.85 Å². The molecule has 0 spiro atoms. The standard InChI is InChI=1S/C56H41BN2/c1-55(2)44-25-15-26-46-54(44)58(49-32-36-19-9-8-18-35(36)30-45(49)55)50-33-38-20-10-11-21-39(38)51-42-29-28-37(34-16-6-5-7-17-34)31-48(42)59(57(46)53(50)51)47-27-14-23-41-40-22-12-13-24-43(40)56(3,4)52(41)47/h5-33H,1-4H3. The summed E-state index contributed by atoms with van der Waals surface area (Å²) in [6.07, 6.45) is 0. The predicted molar refractivity (Wildman–Crippen MR) is 250 cm³/mol. The number of fused-ring (bicyclic) bond motifs is 12. The molecular formula is C56H41BN2. The van der Waals surface area contributed by atoms with Gasteiger partial charge in [-0.2, -0.15) is 0 Å². The van der Waals surface area contributed by atoms with Crippen molar-refractivity contribution >= 4 is 67.8 Å². The zero-order chi connectivity index (χ0) is 39.4. The quantitative estimate of drug-likeness (QED) is 0.162. The lowest BCUT2D eigenvalue weighted by molar-refractivity contribution is 0.633. The smallest absolute Gasteiger partial charge is 0.333 e. The monoisotopic (exact) mass is 752 g/mol. The van der Waals surface area contributed by atoms with Crippen molar-refractivity contribution in [2.75, 3.05) is 9.71 Å². The second-order valence-electron chi connectivity index (χ2n) is 18.1. The number of para-hydroxylation sites is 1. The maximum Gasteiger partial charge on any atom is 0.333 e. The van der Waals surface area contributed by atoms with Crippen LogP contribution in [0.1, 0.15) is 49.9 Å². The van der Waals surface area contributed by atoms with E-state index in [-0.39, 0.29) is 17.7 Å². The van der Waals surface area contributed by atoms with E-state index in [0.29, 0.717) is 0 Å². The Kier molecular flexibility index (Phi) is 6.42. The highest BCUT2D eigenvalue weighted by Gasteiger charge is 2.51. The number of rotatable bonds is 2. The zero-order valence-corrected chi connectivity index (χ0v) is 33.7. The molecule has 1 aliphatic carbocycles. The number of anilines is 5. The van der Waals surface area contributed by atoms with Gasteiger partial charge >= 0.3 is 6.85 Å². The highest BCUT2D eigenvalue weighted by Crippen LogP contribution is 2.59. The van der Waals surface area contributed by atoms with Gasteiger partial charge in [-0.15, -0.1) is 0 Å². The summed E-state index contributed by atoms with van der Waals surface area (Å²) in [4.78, 5) is 5.40. The van der Waals surface area contributed by atoms with E-state index < -0.39 is 0 Å². The number of hydrogen-bond acceptors (Lipinski definition) is 2. The van der Waals surface area contributed by atoms with Gasteiger partial charge in [0.1, 0.15) is 0 Å². The van der Waals surface area contributed by atoms with Crippen LogP contribution < -0.4 is 20.6 Å². The molecule has 3 heterocycles. The van der Waals surface area contributed by atoms with Crippen LogP contribution in [0.5, 0.6) is 0 Å². The van der Waals surface area contributed by atoms with E-state index in [4.69, 9.17) is 0 Å². The van der Waals surface area contributed by atoms with Crippen molar-refractivity contribution in [1.29, 1.82) is 0 Å². The molecule has 13 rings (SSSR count). The lowest BCUT2D eigenvalue weighted by Crippen LogP contribution is -2.62. The largest absolute Gasteiger partial charge is 0.376 e. The third-order valence-corrected chi connectivity index (χ3v) is 14.3. The second-order valence-corrected chi connectivity index (χ2v) is 18.1. The van der Waals surface area contributed by atoms with Gasteiger partial charge in [0.15, 0.2) is 0 Å². The van der Waals surface area contributed by atoms with Gasteiger partial charge in [0.05, 0.1) is 5.69 Å². The average molecular weight is 753 g/mol. The Morgan fingerprint density at radius 3 is 1.95 bits per heavy atom. The molecule has 4 aliphatic rings. The normalized spacial score (nSPS) is 15.6. The molecule has 0 bridgehead atoms. The minimum atomic E-state index is -0.228. The van der Waals surface area contributed by atoms with E-state index in [9.17, 15) is 0 Å². The van der Waals surface area contributed by atoms with E-state index in [1.165, 1.54) is 117 Å². The molecule has 0 saturated heterocycles. The average Bonchev–Trinajstić information content (AvgIpc) is 3.51. The van der Waals surface area contributed by atoms with Crippen molar-refractivity contribution in [3.05, 3.63) is 198 Å². The third kappa shape index (κ3) is 4.22. The summed E-state index contributed by atoms with van der Waals surface area (Å²) in [7, 11) is 0. The van der Waals surface area contributed by atoms with Crippen LogP contribution in [-0.2, 0) is 10.8 Å². The van der Waals surface area contributed by atoms with Crippen LogP contribution in [0.25, 0.3) is 54.9 Å². The summed E-state index contributed by atoms with van der Waals surface area (Å²) >= 11 is 0. The minimum absolute atomic E-state index is 0.0850. The lowest BCUT2D eigenvalue weighted by atomic mass is 9.42. The predicted octanol–water partition coefficient (Wildman–Crippen LogP) is 13.3. The molecule has 0 fully saturated rings. The number of hydrogen-bond donors (Lipinski definition) is 0. The van der Waals surface area contributed by atoms with E-state index in [1.54, 1.807) is 0 Å². The lowest BCUT2D eigenvalue weighted by Gasteiger charge is -2.51. The van der Waals surface area contributed by atoms with E-state index in [1.807, 2.05) is 0 Å². The second kappa shape index (κ2) is 11.4. The molecule has 9 aromatic carbocycles. The summed E-state index contributed by atoms with van der Waals surface area (Å²) in [5, 5.41) is 5.11. The fraction of sp³-hybridized carbons (Fsp3) is 0.107. The molecule has 0 saturated carbocycles. The van der Waals surface area contributed by atoms with Crippen LogP contribution in [0.15, 0.2) is 176 Å². The van der Waals surface area contributed by atoms with Gasteiger partial charge in [0, 0.05) is 39.1 Å². The zero-order valence-electron chi connectivity index (χ0n) is 33.7. The fourth-order valence-corrected chi connectivity index (χ4v) is 11.7. The molecule has 0 radical (unpaired) electrons. The molecule has 0 atom stereocenters. The first kappa shape index (κ1) is 33.2. The van der Waals surface area contributed by atoms with Crippen molar-refractivity contribution in [2.45, 2.75) is 38.5 Å². The molecule has 0 amide bonds. The van der Waals surface area contributed by atoms with Gasteiger partial charge < -0.3 is 9.71 Å². The first-order valence-corrected chi connectivity index (χ1v) is 21.1. The molecule has 0 N–H and O–H groups in total. The maximum atomic E-state index is 2.75. The minimum Gasteiger partial charge on any atom is -0.376 e. The van der Waals surface area contributed by atoms with Gasteiger partial charge in [0.2, 0.25) is 0 Å².